The summed E-state index contributed by atoms with van der Waals surface area (Å²) in [5, 5.41) is 6.09. The molecule has 0 aromatic heterocycles. The number of carbonyl (C=O) groups is 1. The Morgan fingerprint density at radius 3 is 2.50 bits per heavy atom. The Labute approximate surface area is 122 Å². The van der Waals surface area contributed by atoms with E-state index in [-0.39, 0.29) is 18.1 Å². The standard InChI is InChI=1S/C15H30N2O3/c1-13(20-14-7-5-3-4-6-8-14)15(18)17-10-9-16-11-12-19-2/h13-14,16H,3-12H2,1-2H3,(H,17,18). The second kappa shape index (κ2) is 11.1. The quantitative estimate of drug-likeness (QED) is 0.498. The van der Waals surface area contributed by atoms with Gasteiger partial charge >= 0.3 is 0 Å². The van der Waals surface area contributed by atoms with Crippen LogP contribution in [-0.2, 0) is 14.3 Å². The van der Waals surface area contributed by atoms with Gasteiger partial charge in [0.2, 0.25) is 5.91 Å². The fourth-order valence-corrected chi connectivity index (χ4v) is 2.45. The molecule has 0 aromatic carbocycles. The Balaban J connectivity index is 2.08. The van der Waals surface area contributed by atoms with Gasteiger partial charge in [-0.25, -0.2) is 0 Å². The monoisotopic (exact) mass is 286 g/mol. The normalized spacial score (nSPS) is 18.5. The van der Waals surface area contributed by atoms with Gasteiger partial charge in [0.1, 0.15) is 6.10 Å². The van der Waals surface area contributed by atoms with Crippen LogP contribution in [0.15, 0.2) is 0 Å². The van der Waals surface area contributed by atoms with Crippen molar-refractivity contribution in [1.29, 1.82) is 0 Å². The molecule has 20 heavy (non-hydrogen) atoms. The fraction of sp³-hybridized carbons (Fsp3) is 0.933. The average molecular weight is 286 g/mol. The molecule has 0 spiro atoms. The molecule has 1 amide bonds. The zero-order chi connectivity index (χ0) is 14.6. The van der Waals surface area contributed by atoms with E-state index in [0.717, 1.165) is 25.9 Å². The van der Waals surface area contributed by atoms with Crippen molar-refractivity contribution in [3.8, 4) is 0 Å². The van der Waals surface area contributed by atoms with Crippen LogP contribution in [0, 0.1) is 0 Å². The number of nitrogens with one attached hydrogen (secondary N) is 2. The second-order valence-electron chi connectivity index (χ2n) is 5.43. The summed E-state index contributed by atoms with van der Waals surface area (Å²) in [6.45, 7) is 4.72. The van der Waals surface area contributed by atoms with Crippen molar-refractivity contribution < 1.29 is 14.3 Å². The first-order valence-electron chi connectivity index (χ1n) is 7.87. The van der Waals surface area contributed by atoms with Gasteiger partial charge in [0.05, 0.1) is 12.7 Å². The van der Waals surface area contributed by atoms with Crippen molar-refractivity contribution in [2.45, 2.75) is 57.7 Å². The van der Waals surface area contributed by atoms with Crippen molar-refractivity contribution in [3.05, 3.63) is 0 Å². The molecule has 0 bridgehead atoms. The van der Waals surface area contributed by atoms with E-state index in [9.17, 15) is 4.79 Å². The number of ether oxygens (including phenoxy) is 2. The lowest BCUT2D eigenvalue weighted by atomic mass is 10.1. The number of hydrogen-bond acceptors (Lipinski definition) is 4. The van der Waals surface area contributed by atoms with Gasteiger partial charge in [-0.2, -0.15) is 0 Å². The van der Waals surface area contributed by atoms with Crippen LogP contribution < -0.4 is 10.6 Å². The van der Waals surface area contributed by atoms with Gasteiger partial charge in [-0.05, 0) is 19.8 Å². The van der Waals surface area contributed by atoms with Crippen molar-refractivity contribution >= 4 is 5.91 Å². The zero-order valence-electron chi connectivity index (χ0n) is 13.0. The molecule has 1 rings (SSSR count). The van der Waals surface area contributed by atoms with Gasteiger partial charge in [0.15, 0.2) is 0 Å². The minimum absolute atomic E-state index is 0.0113. The molecule has 5 nitrogen and oxygen atoms in total. The molecule has 0 saturated heterocycles. The average Bonchev–Trinajstić information content (AvgIpc) is 2.71. The number of hydrogen-bond donors (Lipinski definition) is 2. The summed E-state index contributed by atoms with van der Waals surface area (Å²) in [5.41, 5.74) is 0. The second-order valence-corrected chi connectivity index (χ2v) is 5.43. The maximum atomic E-state index is 11.9. The van der Waals surface area contributed by atoms with Crippen molar-refractivity contribution in [1.82, 2.24) is 10.6 Å². The number of methoxy groups -OCH3 is 1. The lowest BCUT2D eigenvalue weighted by Crippen LogP contribution is -2.40. The predicted octanol–water partition coefficient (Wildman–Crippen LogP) is 1.47. The lowest BCUT2D eigenvalue weighted by molar-refractivity contribution is -0.135. The van der Waals surface area contributed by atoms with E-state index < -0.39 is 0 Å². The zero-order valence-corrected chi connectivity index (χ0v) is 13.0. The molecule has 1 fully saturated rings. The minimum Gasteiger partial charge on any atom is -0.383 e. The van der Waals surface area contributed by atoms with E-state index in [2.05, 4.69) is 10.6 Å². The first-order chi connectivity index (χ1) is 9.74. The smallest absolute Gasteiger partial charge is 0.248 e. The number of carbonyl (C=O) groups excluding carboxylic acids is 1. The molecule has 0 radical (unpaired) electrons. The summed E-state index contributed by atoms with van der Waals surface area (Å²) >= 11 is 0. The van der Waals surface area contributed by atoms with Crippen molar-refractivity contribution in [2.75, 3.05) is 33.4 Å². The Kier molecular flexibility index (Phi) is 9.62. The summed E-state index contributed by atoms with van der Waals surface area (Å²) in [7, 11) is 1.68. The van der Waals surface area contributed by atoms with Crippen molar-refractivity contribution in [3.63, 3.8) is 0 Å². The SMILES string of the molecule is COCCNCCNC(=O)C(C)OC1CCCCCC1. The van der Waals surface area contributed by atoms with E-state index in [1.165, 1.54) is 25.7 Å². The lowest BCUT2D eigenvalue weighted by Gasteiger charge is -2.20. The first-order valence-corrected chi connectivity index (χ1v) is 7.87. The highest BCUT2D eigenvalue weighted by Gasteiger charge is 2.19. The maximum Gasteiger partial charge on any atom is 0.248 e. The molecule has 1 atom stereocenters. The van der Waals surface area contributed by atoms with Crippen LogP contribution in [0.1, 0.15) is 45.4 Å². The molecule has 0 aliphatic heterocycles. The third-order valence-electron chi connectivity index (χ3n) is 3.65. The largest absolute Gasteiger partial charge is 0.383 e. The molecule has 0 aromatic rings. The van der Waals surface area contributed by atoms with Gasteiger partial charge in [0.25, 0.3) is 0 Å². The summed E-state index contributed by atoms with van der Waals surface area (Å²) in [6.07, 6.45) is 7.15. The molecule has 1 saturated carbocycles. The van der Waals surface area contributed by atoms with E-state index in [1.54, 1.807) is 7.11 Å². The highest BCUT2D eigenvalue weighted by atomic mass is 16.5. The topological polar surface area (TPSA) is 59.6 Å². The van der Waals surface area contributed by atoms with Gasteiger partial charge in [-0.3, -0.25) is 4.79 Å². The maximum absolute atomic E-state index is 11.9. The van der Waals surface area contributed by atoms with Gasteiger partial charge in [-0.15, -0.1) is 0 Å². The molecule has 118 valence electrons. The van der Waals surface area contributed by atoms with Crippen LogP contribution in [0.25, 0.3) is 0 Å². The molecule has 5 heteroatoms. The third kappa shape index (κ3) is 7.82. The number of rotatable bonds is 9. The summed E-state index contributed by atoms with van der Waals surface area (Å²) in [4.78, 5) is 11.9. The highest BCUT2D eigenvalue weighted by Crippen LogP contribution is 2.20. The molecule has 1 aliphatic rings. The molecule has 1 unspecified atom stereocenters. The van der Waals surface area contributed by atoms with Crippen LogP contribution in [0.5, 0.6) is 0 Å². The Hall–Kier alpha value is -0.650. The van der Waals surface area contributed by atoms with E-state index in [0.29, 0.717) is 13.2 Å². The Bertz CT molecular complexity index is 254. The number of amides is 1. The summed E-state index contributed by atoms with van der Waals surface area (Å²) in [5.74, 6) is -0.0113. The van der Waals surface area contributed by atoms with Gasteiger partial charge < -0.3 is 20.1 Å². The molecular formula is C15H30N2O3. The van der Waals surface area contributed by atoms with Crippen LogP contribution in [-0.4, -0.2) is 51.5 Å². The van der Waals surface area contributed by atoms with Crippen molar-refractivity contribution in [2.24, 2.45) is 0 Å². The summed E-state index contributed by atoms with van der Waals surface area (Å²) in [6, 6.07) is 0. The fourth-order valence-electron chi connectivity index (χ4n) is 2.45. The summed E-state index contributed by atoms with van der Waals surface area (Å²) < 4.78 is 10.8. The Morgan fingerprint density at radius 1 is 1.15 bits per heavy atom. The van der Waals surface area contributed by atoms with Crippen LogP contribution in [0.3, 0.4) is 0 Å². The van der Waals surface area contributed by atoms with Crippen LogP contribution >= 0.6 is 0 Å². The first kappa shape index (κ1) is 17.4. The predicted molar refractivity (Wildman–Crippen MR) is 79.8 cm³/mol. The molecule has 1 aliphatic carbocycles. The van der Waals surface area contributed by atoms with E-state index >= 15 is 0 Å². The van der Waals surface area contributed by atoms with Crippen LogP contribution in [0.2, 0.25) is 0 Å². The third-order valence-corrected chi connectivity index (χ3v) is 3.65. The minimum atomic E-state index is -0.350. The Morgan fingerprint density at radius 2 is 1.85 bits per heavy atom. The van der Waals surface area contributed by atoms with E-state index in [1.807, 2.05) is 6.92 Å². The molecule has 2 N–H and O–H groups in total. The molecule has 0 heterocycles. The molecular weight excluding hydrogens is 256 g/mol. The van der Waals surface area contributed by atoms with E-state index in [4.69, 9.17) is 9.47 Å². The van der Waals surface area contributed by atoms with Gasteiger partial charge in [-0.1, -0.05) is 25.7 Å². The highest BCUT2D eigenvalue weighted by molar-refractivity contribution is 5.80. The van der Waals surface area contributed by atoms with Gasteiger partial charge in [0, 0.05) is 26.7 Å². The van der Waals surface area contributed by atoms with Crippen LogP contribution in [0.4, 0.5) is 0 Å².